The Balaban J connectivity index is 1.86. The topological polar surface area (TPSA) is 52.0 Å². The van der Waals surface area contributed by atoms with E-state index >= 15 is 0 Å². The van der Waals surface area contributed by atoms with Gasteiger partial charge in [0.2, 0.25) is 5.41 Å². The van der Waals surface area contributed by atoms with Gasteiger partial charge in [0.05, 0.1) is 0 Å². The first-order valence-corrected chi connectivity index (χ1v) is 11.2. The molecule has 0 radical (unpaired) electrons. The van der Waals surface area contributed by atoms with Crippen molar-refractivity contribution < 1.29 is 26.3 Å². The first kappa shape index (κ1) is 23.2. The van der Waals surface area contributed by atoms with E-state index in [2.05, 4.69) is 0 Å². The van der Waals surface area contributed by atoms with Gasteiger partial charge < -0.3 is 11.5 Å². The third kappa shape index (κ3) is 3.97. The molecule has 4 N–H and O–H groups in total. The molecule has 0 aliphatic rings. The van der Waals surface area contributed by atoms with E-state index in [1.807, 2.05) is 0 Å². The molecule has 0 atom stereocenters. The van der Waals surface area contributed by atoms with Gasteiger partial charge in [-0.15, -0.1) is 22.7 Å². The fourth-order valence-electron chi connectivity index (χ4n) is 3.76. The molecule has 0 unspecified atom stereocenters. The minimum atomic E-state index is -5.64. The Morgan fingerprint density at radius 3 is 1.12 bits per heavy atom. The molecule has 0 saturated heterocycles. The Morgan fingerprint density at radius 2 is 0.879 bits per heavy atom. The average molecular weight is 499 g/mol. The summed E-state index contributed by atoms with van der Waals surface area (Å²) in [6.45, 7) is 0. The first-order valence-electron chi connectivity index (χ1n) is 9.47. The van der Waals surface area contributed by atoms with Gasteiger partial charge in [-0.3, -0.25) is 0 Å². The van der Waals surface area contributed by atoms with Gasteiger partial charge in [0.1, 0.15) is 0 Å². The van der Waals surface area contributed by atoms with Crippen LogP contribution in [0.2, 0.25) is 0 Å². The minimum Gasteiger partial charge on any atom is -0.398 e. The maximum absolute atomic E-state index is 14.3. The lowest BCUT2D eigenvalue weighted by molar-refractivity contribution is -0.288. The van der Waals surface area contributed by atoms with Crippen LogP contribution in [0.15, 0.2) is 71.4 Å². The molecule has 0 bridgehead atoms. The second-order valence-corrected chi connectivity index (χ2v) is 9.21. The molecule has 2 aromatic heterocycles. The molecule has 0 spiro atoms. The Bertz CT molecular complexity index is 1150. The molecule has 2 heterocycles. The number of alkyl halides is 6. The van der Waals surface area contributed by atoms with E-state index in [0.29, 0.717) is 32.3 Å². The highest BCUT2D eigenvalue weighted by Gasteiger charge is 2.72. The third-order valence-corrected chi connectivity index (χ3v) is 7.29. The Morgan fingerprint density at radius 1 is 0.545 bits per heavy atom. The quantitative estimate of drug-likeness (QED) is 0.283. The lowest BCUT2D eigenvalue weighted by Gasteiger charge is -2.38. The summed E-state index contributed by atoms with van der Waals surface area (Å²) in [5.41, 5.74) is 7.20. The van der Waals surface area contributed by atoms with Gasteiger partial charge in [0.25, 0.3) is 0 Å². The van der Waals surface area contributed by atoms with Crippen LogP contribution in [0.3, 0.4) is 0 Å². The molecular formula is C23H16F6N2S2. The van der Waals surface area contributed by atoms with E-state index in [4.69, 9.17) is 11.5 Å². The van der Waals surface area contributed by atoms with Crippen LogP contribution in [0.4, 0.5) is 37.7 Å². The molecule has 2 aromatic carbocycles. The number of benzene rings is 2. The summed E-state index contributed by atoms with van der Waals surface area (Å²) >= 11 is 2.49. The number of nitrogens with two attached hydrogens (primary N) is 2. The number of halogens is 6. The molecule has 33 heavy (non-hydrogen) atoms. The molecule has 2 nitrogen and oxygen atoms in total. The molecule has 172 valence electrons. The SMILES string of the molecule is Nc1csc(-c2ccc(C(c3ccc(-c4cc(N)cs4)cc3)(C(F)(F)F)C(F)(F)F)cc2)c1. The molecule has 0 aliphatic heterocycles. The van der Waals surface area contributed by atoms with Crippen molar-refractivity contribution in [2.45, 2.75) is 17.8 Å². The number of nitrogen functional groups attached to an aromatic ring is 2. The Hall–Kier alpha value is -2.98. The van der Waals surface area contributed by atoms with Crippen molar-refractivity contribution in [2.24, 2.45) is 0 Å². The normalized spacial score (nSPS) is 12.8. The van der Waals surface area contributed by atoms with Gasteiger partial charge in [-0.2, -0.15) is 26.3 Å². The van der Waals surface area contributed by atoms with Gasteiger partial charge in [0, 0.05) is 31.9 Å². The molecule has 4 rings (SSSR count). The molecule has 0 saturated carbocycles. The van der Waals surface area contributed by atoms with E-state index in [9.17, 15) is 26.3 Å². The summed E-state index contributed by atoms with van der Waals surface area (Å²) < 4.78 is 86.1. The first-order chi connectivity index (χ1) is 15.4. The van der Waals surface area contributed by atoms with E-state index in [-0.39, 0.29) is 0 Å². The summed E-state index contributed by atoms with van der Waals surface area (Å²) in [7, 11) is 0. The van der Waals surface area contributed by atoms with Gasteiger partial charge in [-0.1, -0.05) is 48.5 Å². The van der Waals surface area contributed by atoms with Crippen molar-refractivity contribution in [3.63, 3.8) is 0 Å². The van der Waals surface area contributed by atoms with Crippen molar-refractivity contribution in [3.8, 4) is 20.9 Å². The van der Waals surface area contributed by atoms with Crippen LogP contribution in [0.5, 0.6) is 0 Å². The van der Waals surface area contributed by atoms with Crippen LogP contribution in [-0.2, 0) is 5.41 Å². The molecule has 0 aliphatic carbocycles. The number of hydrogen-bond acceptors (Lipinski definition) is 4. The third-order valence-electron chi connectivity index (χ3n) is 5.29. The summed E-state index contributed by atoms with van der Waals surface area (Å²) in [6.07, 6.45) is -11.3. The Kier molecular flexibility index (Phi) is 5.69. The minimum absolute atomic E-state index is 0.464. The van der Waals surface area contributed by atoms with Crippen LogP contribution < -0.4 is 11.5 Å². The lowest BCUT2D eigenvalue weighted by Crippen LogP contribution is -2.54. The highest BCUT2D eigenvalue weighted by Crippen LogP contribution is 2.56. The zero-order valence-corrected chi connectivity index (χ0v) is 18.3. The van der Waals surface area contributed by atoms with Gasteiger partial charge in [0.15, 0.2) is 0 Å². The maximum Gasteiger partial charge on any atom is 0.411 e. The highest BCUT2D eigenvalue weighted by atomic mass is 32.1. The van der Waals surface area contributed by atoms with E-state index < -0.39 is 28.9 Å². The van der Waals surface area contributed by atoms with Gasteiger partial charge in [-0.05, 0) is 34.4 Å². The smallest absolute Gasteiger partial charge is 0.398 e. The number of anilines is 2. The standard InChI is InChI=1S/C23H16F6N2S2/c24-22(25,26)21(23(27,28)29,15-5-1-13(2-6-15)19-9-17(30)11-32-19)16-7-3-14(4-8-16)20-10-18(31)12-33-20/h1-12H,30-31H2. The predicted molar refractivity (Wildman–Crippen MR) is 121 cm³/mol. The highest BCUT2D eigenvalue weighted by molar-refractivity contribution is 7.14. The fourth-order valence-corrected chi connectivity index (χ4v) is 5.37. The molecule has 0 amide bonds. The van der Waals surface area contributed by atoms with Crippen LogP contribution in [0.1, 0.15) is 11.1 Å². The zero-order valence-electron chi connectivity index (χ0n) is 16.7. The second-order valence-electron chi connectivity index (χ2n) is 7.39. The van der Waals surface area contributed by atoms with Crippen molar-refractivity contribution in [1.29, 1.82) is 0 Å². The summed E-state index contributed by atoms with van der Waals surface area (Å²) in [5, 5.41) is 3.28. The van der Waals surface area contributed by atoms with Crippen LogP contribution in [0.25, 0.3) is 20.9 Å². The van der Waals surface area contributed by atoms with Crippen LogP contribution >= 0.6 is 22.7 Å². The van der Waals surface area contributed by atoms with Gasteiger partial charge in [-0.25, -0.2) is 0 Å². The maximum atomic E-state index is 14.3. The summed E-state index contributed by atoms with van der Waals surface area (Å²) in [5.74, 6) is 0. The molecule has 0 fully saturated rings. The number of thiophene rings is 2. The monoisotopic (exact) mass is 498 g/mol. The predicted octanol–water partition coefficient (Wildman–Crippen LogP) is 7.72. The van der Waals surface area contributed by atoms with Crippen molar-refractivity contribution in [1.82, 2.24) is 0 Å². The molecule has 4 aromatic rings. The Labute approximate surface area is 193 Å². The van der Waals surface area contributed by atoms with E-state index in [0.717, 1.165) is 24.3 Å². The zero-order chi connectivity index (χ0) is 24.0. The summed E-state index contributed by atoms with van der Waals surface area (Å²) in [6, 6.07) is 11.7. The second kappa shape index (κ2) is 8.11. The number of rotatable bonds is 4. The molecular weight excluding hydrogens is 482 g/mol. The average Bonchev–Trinajstić information content (AvgIpc) is 3.36. The van der Waals surface area contributed by atoms with Crippen molar-refractivity contribution >= 4 is 34.0 Å². The van der Waals surface area contributed by atoms with E-state index in [1.165, 1.54) is 46.9 Å². The van der Waals surface area contributed by atoms with E-state index in [1.54, 1.807) is 22.9 Å². The number of hydrogen-bond donors (Lipinski definition) is 2. The van der Waals surface area contributed by atoms with Crippen LogP contribution in [0, 0.1) is 0 Å². The van der Waals surface area contributed by atoms with Crippen molar-refractivity contribution in [3.05, 3.63) is 82.6 Å². The summed E-state index contributed by atoms with van der Waals surface area (Å²) in [4.78, 5) is 1.28. The van der Waals surface area contributed by atoms with Gasteiger partial charge >= 0.3 is 12.4 Å². The lowest BCUT2D eigenvalue weighted by atomic mass is 9.72. The largest absolute Gasteiger partial charge is 0.411 e. The van der Waals surface area contributed by atoms with Crippen LogP contribution in [-0.4, -0.2) is 12.4 Å². The molecule has 10 heteroatoms. The fraction of sp³-hybridized carbons (Fsp3) is 0.130. The van der Waals surface area contributed by atoms with Crippen molar-refractivity contribution in [2.75, 3.05) is 11.5 Å².